The van der Waals surface area contributed by atoms with Crippen LogP contribution in [0.15, 0.2) is 12.1 Å². The van der Waals surface area contributed by atoms with E-state index in [4.69, 9.17) is 14.5 Å². The van der Waals surface area contributed by atoms with Crippen molar-refractivity contribution >= 4 is 30.1 Å². The molecule has 0 bridgehead atoms. The minimum Gasteiger partial charge on any atom is -0.457 e. The molecule has 0 fully saturated rings. The number of hydrogen-bond donors (Lipinski definition) is 2. The van der Waals surface area contributed by atoms with Gasteiger partial charge in [-0.2, -0.15) is 0 Å². The second-order valence-electron chi connectivity index (χ2n) is 7.09. The molecule has 0 saturated carbocycles. The van der Waals surface area contributed by atoms with Gasteiger partial charge in [-0.3, -0.25) is 14.4 Å². The van der Waals surface area contributed by atoms with Gasteiger partial charge in [-0.1, -0.05) is 26.0 Å². The van der Waals surface area contributed by atoms with E-state index < -0.39 is 38.0 Å². The Morgan fingerprint density at radius 1 is 1.30 bits per heavy atom. The van der Waals surface area contributed by atoms with Crippen molar-refractivity contribution in [2.45, 2.75) is 40.2 Å². The molecular weight excluding hydrogens is 351 g/mol. The Hall–Kier alpha value is -2.03. The lowest BCUT2D eigenvalue weighted by Gasteiger charge is -2.19. The number of hydrogen-bond acceptors (Lipinski definition) is 7. The topological polar surface area (TPSA) is 110 Å². The summed E-state index contributed by atoms with van der Waals surface area (Å²) in [4.78, 5) is 36.0. The molecule has 1 aromatic carbocycles. The number of benzene rings is 1. The first kappa shape index (κ1) is 21.3. The minimum atomic E-state index is -1.02. The van der Waals surface area contributed by atoms with Crippen molar-refractivity contribution in [2.75, 3.05) is 13.2 Å². The molecule has 1 aliphatic heterocycles. The van der Waals surface area contributed by atoms with Gasteiger partial charge in [0.2, 0.25) is 0 Å². The van der Waals surface area contributed by atoms with Crippen molar-refractivity contribution < 1.29 is 33.9 Å². The molecule has 2 rings (SSSR count). The van der Waals surface area contributed by atoms with Crippen LogP contribution in [0.5, 0.6) is 0 Å². The number of esters is 1. The van der Waals surface area contributed by atoms with Crippen molar-refractivity contribution in [3.8, 4) is 0 Å². The highest BCUT2D eigenvalue weighted by atomic mass is 16.5. The van der Waals surface area contributed by atoms with E-state index in [0.717, 1.165) is 5.56 Å². The Kier molecular flexibility index (Phi) is 7.29. The Morgan fingerprint density at radius 2 is 2.00 bits per heavy atom. The summed E-state index contributed by atoms with van der Waals surface area (Å²) >= 11 is 0. The summed E-state index contributed by atoms with van der Waals surface area (Å²) in [5, 5.41) is 18.6. The van der Waals surface area contributed by atoms with E-state index in [1.54, 1.807) is 19.1 Å². The Labute approximate surface area is 158 Å². The molecule has 2 N–H and O–H groups in total. The molecular formula is C19H25BO7. The second kappa shape index (κ2) is 9.26. The molecule has 27 heavy (non-hydrogen) atoms. The number of aliphatic hydroxyl groups excluding tert-OH is 1. The van der Waals surface area contributed by atoms with Gasteiger partial charge in [0.05, 0.1) is 12.5 Å². The average molecular weight is 376 g/mol. The van der Waals surface area contributed by atoms with Gasteiger partial charge in [0.1, 0.15) is 6.61 Å². The summed E-state index contributed by atoms with van der Waals surface area (Å²) in [7, 11) is -1.02. The molecule has 1 atom stereocenters. The van der Waals surface area contributed by atoms with Crippen LogP contribution in [-0.4, -0.2) is 48.0 Å². The number of ketones is 2. The largest absolute Gasteiger partial charge is 0.492 e. The van der Waals surface area contributed by atoms with Crippen LogP contribution in [0.1, 0.15) is 48.2 Å². The number of carbonyl (C=O) groups excluding carboxylic acids is 3. The predicted octanol–water partition coefficient (Wildman–Crippen LogP) is 0.552. The van der Waals surface area contributed by atoms with Gasteiger partial charge in [-0.25, -0.2) is 0 Å². The van der Waals surface area contributed by atoms with Gasteiger partial charge in [0.25, 0.3) is 0 Å². The maximum absolute atomic E-state index is 12.7. The standard InChI is InChI=1S/C19H25BO7/c1-11(2)15(19(24)26-10-14(22)8-21)6-7-17(23)16-5-4-13-9-27-20(25)18(13)12(16)3/h4-5,11,15,21,25H,6-10H2,1-3H3/t15-/m0/s1. The first-order valence-corrected chi connectivity index (χ1v) is 9.00. The summed E-state index contributed by atoms with van der Waals surface area (Å²) in [5.41, 5.74) is 2.71. The maximum Gasteiger partial charge on any atom is 0.492 e. The maximum atomic E-state index is 12.7. The van der Waals surface area contributed by atoms with Crippen LogP contribution in [0.4, 0.5) is 0 Å². The fourth-order valence-electron chi connectivity index (χ4n) is 3.26. The second-order valence-corrected chi connectivity index (χ2v) is 7.09. The van der Waals surface area contributed by atoms with Crippen molar-refractivity contribution in [1.82, 2.24) is 0 Å². The molecule has 8 heteroatoms. The van der Waals surface area contributed by atoms with Crippen LogP contribution in [0.25, 0.3) is 0 Å². The van der Waals surface area contributed by atoms with Gasteiger partial charge >= 0.3 is 13.1 Å². The highest BCUT2D eigenvalue weighted by Gasteiger charge is 2.31. The summed E-state index contributed by atoms with van der Waals surface area (Å²) in [6.45, 7) is 4.65. The third kappa shape index (κ3) is 5.03. The first-order chi connectivity index (χ1) is 12.8. The lowest BCUT2D eigenvalue weighted by atomic mass is 9.74. The number of ether oxygens (including phenoxy) is 1. The molecule has 0 radical (unpaired) electrons. The van der Waals surface area contributed by atoms with Crippen LogP contribution in [0.3, 0.4) is 0 Å². The Bertz CT molecular complexity index is 729. The summed E-state index contributed by atoms with van der Waals surface area (Å²) in [6, 6.07) is 3.50. The smallest absolute Gasteiger partial charge is 0.457 e. The van der Waals surface area contributed by atoms with E-state index in [1.165, 1.54) is 0 Å². The van der Waals surface area contributed by atoms with E-state index in [2.05, 4.69) is 0 Å². The molecule has 0 saturated heterocycles. The summed E-state index contributed by atoms with van der Waals surface area (Å²) in [6.07, 6.45) is 0.431. The van der Waals surface area contributed by atoms with Crippen molar-refractivity contribution in [3.05, 3.63) is 28.8 Å². The molecule has 146 valence electrons. The van der Waals surface area contributed by atoms with Gasteiger partial charge in [-0.05, 0) is 35.9 Å². The monoisotopic (exact) mass is 376 g/mol. The van der Waals surface area contributed by atoms with E-state index in [9.17, 15) is 19.4 Å². The fourth-order valence-corrected chi connectivity index (χ4v) is 3.26. The third-order valence-electron chi connectivity index (χ3n) is 4.89. The number of aliphatic hydroxyl groups is 1. The number of rotatable bonds is 9. The lowest BCUT2D eigenvalue weighted by Crippen LogP contribution is -2.32. The lowest BCUT2D eigenvalue weighted by molar-refractivity contribution is -0.154. The number of carbonyl (C=O) groups is 3. The normalized spacial score (nSPS) is 14.2. The van der Waals surface area contributed by atoms with Crippen LogP contribution in [0, 0.1) is 18.8 Å². The average Bonchev–Trinajstić information content (AvgIpc) is 3.01. The zero-order valence-electron chi connectivity index (χ0n) is 15.9. The molecule has 0 amide bonds. The van der Waals surface area contributed by atoms with E-state index in [1.807, 2.05) is 13.8 Å². The zero-order valence-corrected chi connectivity index (χ0v) is 15.9. The molecule has 0 spiro atoms. The predicted molar refractivity (Wildman–Crippen MR) is 98.5 cm³/mol. The first-order valence-electron chi connectivity index (χ1n) is 9.00. The Balaban J connectivity index is 2.03. The van der Waals surface area contributed by atoms with E-state index in [0.29, 0.717) is 23.2 Å². The van der Waals surface area contributed by atoms with Crippen molar-refractivity contribution in [2.24, 2.45) is 11.8 Å². The molecule has 0 aromatic heterocycles. The molecule has 0 unspecified atom stereocenters. The van der Waals surface area contributed by atoms with Crippen LogP contribution >= 0.6 is 0 Å². The van der Waals surface area contributed by atoms with Gasteiger partial charge in [-0.15, -0.1) is 0 Å². The zero-order chi connectivity index (χ0) is 20.1. The Morgan fingerprint density at radius 3 is 2.63 bits per heavy atom. The quantitative estimate of drug-likeness (QED) is 0.368. The van der Waals surface area contributed by atoms with Gasteiger partial charge in [0, 0.05) is 12.0 Å². The van der Waals surface area contributed by atoms with Crippen LogP contribution in [-0.2, 0) is 25.6 Å². The highest BCUT2D eigenvalue weighted by Crippen LogP contribution is 2.23. The number of Topliss-reactive ketones (excluding diaryl/α,β-unsaturated/α-hetero) is 2. The van der Waals surface area contributed by atoms with Crippen molar-refractivity contribution in [3.63, 3.8) is 0 Å². The van der Waals surface area contributed by atoms with E-state index in [-0.39, 0.29) is 24.5 Å². The highest BCUT2D eigenvalue weighted by molar-refractivity contribution is 6.62. The number of fused-ring (bicyclic) bond motifs is 1. The SMILES string of the molecule is Cc1c(C(=O)CC[C@H](C(=O)OCC(=O)CO)C(C)C)ccc2c1B(O)OC2. The van der Waals surface area contributed by atoms with E-state index >= 15 is 0 Å². The fraction of sp³-hybridized carbons (Fsp3) is 0.526. The van der Waals surface area contributed by atoms with Gasteiger partial charge in [0.15, 0.2) is 18.2 Å². The van der Waals surface area contributed by atoms with Crippen molar-refractivity contribution in [1.29, 1.82) is 0 Å². The van der Waals surface area contributed by atoms with Crippen LogP contribution < -0.4 is 5.46 Å². The molecule has 1 aromatic rings. The molecule has 1 heterocycles. The summed E-state index contributed by atoms with van der Waals surface area (Å²) in [5.74, 6) is -1.83. The molecule has 0 aliphatic carbocycles. The molecule has 7 nitrogen and oxygen atoms in total. The van der Waals surface area contributed by atoms with Crippen LogP contribution in [0.2, 0.25) is 0 Å². The van der Waals surface area contributed by atoms with Gasteiger partial charge < -0.3 is 19.5 Å². The molecule has 1 aliphatic rings. The minimum absolute atomic E-state index is 0.0640. The third-order valence-corrected chi connectivity index (χ3v) is 4.89. The summed E-state index contributed by atoms with van der Waals surface area (Å²) < 4.78 is 10.1.